The van der Waals surface area contributed by atoms with Crippen molar-refractivity contribution in [1.29, 1.82) is 0 Å². The summed E-state index contributed by atoms with van der Waals surface area (Å²) in [4.78, 5) is 11.7. The number of hydrogen-bond donors (Lipinski definition) is 1. The van der Waals surface area contributed by atoms with Crippen LogP contribution in [0, 0.1) is 0 Å². The maximum atomic E-state index is 11.7. The molecule has 0 amide bonds. The molecule has 1 rings (SSSR count). The molecule has 19 heavy (non-hydrogen) atoms. The zero-order valence-corrected chi connectivity index (χ0v) is 12.2. The van der Waals surface area contributed by atoms with E-state index >= 15 is 0 Å². The fraction of sp³-hybridized carbons (Fsp3) is 0.562. The minimum atomic E-state index is -0.242. The molecule has 0 aliphatic heterocycles. The Kier molecular flexibility index (Phi) is 7.01. The fourth-order valence-electron chi connectivity index (χ4n) is 1.94. The highest BCUT2D eigenvalue weighted by atomic mass is 16.5. The number of benzene rings is 1. The Hall–Kier alpha value is -1.51. The Labute approximate surface area is 116 Å². The second kappa shape index (κ2) is 8.57. The molecule has 1 aromatic rings. The minimum absolute atomic E-state index is 0.242. The van der Waals surface area contributed by atoms with Crippen LogP contribution in [0.15, 0.2) is 24.3 Å². The molecule has 0 aliphatic carbocycles. The Morgan fingerprint density at radius 1 is 1.16 bits per heavy atom. The van der Waals surface area contributed by atoms with Crippen LogP contribution in [0.25, 0.3) is 0 Å². The summed E-state index contributed by atoms with van der Waals surface area (Å²) in [6.45, 7) is 6.84. The predicted octanol–water partition coefficient (Wildman–Crippen LogP) is 4.24. The van der Waals surface area contributed by atoms with Crippen molar-refractivity contribution in [3.8, 4) is 0 Å². The van der Waals surface area contributed by atoms with Gasteiger partial charge in [-0.1, -0.05) is 27.2 Å². The summed E-state index contributed by atoms with van der Waals surface area (Å²) in [5.74, 6) is -0.242. The normalized spacial score (nSPS) is 11.9. The van der Waals surface area contributed by atoms with Gasteiger partial charge in [0.05, 0.1) is 12.2 Å². The summed E-state index contributed by atoms with van der Waals surface area (Å²) in [7, 11) is 0. The smallest absolute Gasteiger partial charge is 0.338 e. The van der Waals surface area contributed by atoms with Crippen molar-refractivity contribution in [2.75, 3.05) is 11.9 Å². The van der Waals surface area contributed by atoms with E-state index in [1.165, 1.54) is 6.42 Å². The Bertz CT molecular complexity index is 373. The lowest BCUT2D eigenvalue weighted by atomic mass is 10.1. The predicted molar refractivity (Wildman–Crippen MR) is 79.6 cm³/mol. The molecule has 3 nitrogen and oxygen atoms in total. The lowest BCUT2D eigenvalue weighted by Gasteiger charge is -2.17. The molecule has 0 aromatic heterocycles. The van der Waals surface area contributed by atoms with E-state index in [4.69, 9.17) is 4.74 Å². The molecule has 0 saturated carbocycles. The molecule has 0 heterocycles. The molecule has 0 spiro atoms. The zero-order chi connectivity index (χ0) is 14.1. The average molecular weight is 263 g/mol. The van der Waals surface area contributed by atoms with Crippen LogP contribution in [0.3, 0.4) is 0 Å². The van der Waals surface area contributed by atoms with Gasteiger partial charge in [-0.15, -0.1) is 0 Å². The van der Waals surface area contributed by atoms with Crippen molar-refractivity contribution in [1.82, 2.24) is 0 Å². The van der Waals surface area contributed by atoms with E-state index in [-0.39, 0.29) is 5.97 Å². The van der Waals surface area contributed by atoms with Gasteiger partial charge in [0.15, 0.2) is 0 Å². The van der Waals surface area contributed by atoms with Crippen LogP contribution in [0.2, 0.25) is 0 Å². The number of carbonyl (C=O) groups excluding carboxylic acids is 1. The number of carbonyl (C=O) groups is 1. The average Bonchev–Trinajstić information content (AvgIpc) is 2.45. The lowest BCUT2D eigenvalue weighted by Crippen LogP contribution is -2.17. The standard InChI is InChI=1S/C16H25NO2/c1-4-7-14(6-3)17-15-10-8-13(9-11-15)16(18)19-12-5-2/h8-11,14,17H,4-7,12H2,1-3H3. The third-order valence-corrected chi connectivity index (χ3v) is 3.06. The number of rotatable bonds is 8. The summed E-state index contributed by atoms with van der Waals surface area (Å²) in [6, 6.07) is 8.03. The highest BCUT2D eigenvalue weighted by Crippen LogP contribution is 2.14. The summed E-state index contributed by atoms with van der Waals surface area (Å²) >= 11 is 0. The third-order valence-electron chi connectivity index (χ3n) is 3.06. The van der Waals surface area contributed by atoms with Crippen LogP contribution in [0.5, 0.6) is 0 Å². The van der Waals surface area contributed by atoms with Crippen LogP contribution in [-0.2, 0) is 4.74 Å². The summed E-state index contributed by atoms with van der Waals surface area (Å²) in [6.07, 6.45) is 4.29. The van der Waals surface area contributed by atoms with Crippen LogP contribution >= 0.6 is 0 Å². The van der Waals surface area contributed by atoms with E-state index < -0.39 is 0 Å². The second-order valence-corrected chi connectivity index (χ2v) is 4.75. The first kappa shape index (κ1) is 15.5. The fourth-order valence-corrected chi connectivity index (χ4v) is 1.94. The van der Waals surface area contributed by atoms with Gasteiger partial charge in [-0.3, -0.25) is 0 Å². The maximum Gasteiger partial charge on any atom is 0.338 e. The Balaban J connectivity index is 2.57. The van der Waals surface area contributed by atoms with E-state index in [1.807, 2.05) is 31.2 Å². The molecule has 0 fully saturated rings. The first-order valence-electron chi connectivity index (χ1n) is 7.24. The number of esters is 1. The highest BCUT2D eigenvalue weighted by molar-refractivity contribution is 5.89. The van der Waals surface area contributed by atoms with E-state index in [9.17, 15) is 4.79 Å². The molecule has 106 valence electrons. The zero-order valence-electron chi connectivity index (χ0n) is 12.2. The van der Waals surface area contributed by atoms with Crippen LogP contribution in [-0.4, -0.2) is 18.6 Å². The van der Waals surface area contributed by atoms with Crippen molar-refractivity contribution in [3.63, 3.8) is 0 Å². The van der Waals surface area contributed by atoms with Gasteiger partial charge in [0.2, 0.25) is 0 Å². The van der Waals surface area contributed by atoms with Gasteiger partial charge < -0.3 is 10.1 Å². The Morgan fingerprint density at radius 3 is 2.37 bits per heavy atom. The number of anilines is 1. The molecule has 1 atom stereocenters. The first-order chi connectivity index (χ1) is 9.21. The molecule has 1 aromatic carbocycles. The molecular weight excluding hydrogens is 238 g/mol. The van der Waals surface area contributed by atoms with Gasteiger partial charge in [0.1, 0.15) is 0 Å². The lowest BCUT2D eigenvalue weighted by molar-refractivity contribution is 0.0505. The van der Waals surface area contributed by atoms with E-state index in [0.717, 1.165) is 24.9 Å². The Morgan fingerprint density at radius 2 is 1.84 bits per heavy atom. The van der Waals surface area contributed by atoms with E-state index in [2.05, 4.69) is 19.2 Å². The minimum Gasteiger partial charge on any atom is -0.462 e. The topological polar surface area (TPSA) is 38.3 Å². The molecule has 0 bridgehead atoms. The highest BCUT2D eigenvalue weighted by Gasteiger charge is 2.08. The molecule has 3 heteroatoms. The van der Waals surface area contributed by atoms with Gasteiger partial charge in [0.25, 0.3) is 0 Å². The number of ether oxygens (including phenoxy) is 1. The van der Waals surface area contributed by atoms with Crippen LogP contribution in [0.1, 0.15) is 56.8 Å². The van der Waals surface area contributed by atoms with Crippen LogP contribution in [0.4, 0.5) is 5.69 Å². The SMILES string of the molecule is CCCOC(=O)c1ccc(NC(CC)CCC)cc1. The molecular formula is C16H25NO2. The monoisotopic (exact) mass is 263 g/mol. The van der Waals surface area contributed by atoms with Crippen molar-refractivity contribution >= 4 is 11.7 Å². The van der Waals surface area contributed by atoms with E-state index in [1.54, 1.807) is 0 Å². The first-order valence-corrected chi connectivity index (χ1v) is 7.24. The van der Waals surface area contributed by atoms with Crippen molar-refractivity contribution in [2.24, 2.45) is 0 Å². The van der Waals surface area contributed by atoms with Crippen molar-refractivity contribution < 1.29 is 9.53 Å². The van der Waals surface area contributed by atoms with Gasteiger partial charge in [-0.05, 0) is 43.5 Å². The van der Waals surface area contributed by atoms with Crippen LogP contribution < -0.4 is 5.32 Å². The summed E-state index contributed by atoms with van der Waals surface area (Å²) in [5.41, 5.74) is 1.68. The molecule has 0 aliphatic rings. The number of hydrogen-bond acceptors (Lipinski definition) is 3. The molecule has 1 unspecified atom stereocenters. The van der Waals surface area contributed by atoms with Gasteiger partial charge in [-0.2, -0.15) is 0 Å². The van der Waals surface area contributed by atoms with Crippen molar-refractivity contribution in [2.45, 2.75) is 52.5 Å². The van der Waals surface area contributed by atoms with Gasteiger partial charge >= 0.3 is 5.97 Å². The second-order valence-electron chi connectivity index (χ2n) is 4.75. The third kappa shape index (κ3) is 5.33. The van der Waals surface area contributed by atoms with E-state index in [0.29, 0.717) is 18.2 Å². The molecule has 0 saturated heterocycles. The number of nitrogens with one attached hydrogen (secondary N) is 1. The molecule has 1 N–H and O–H groups in total. The summed E-state index contributed by atoms with van der Waals surface area (Å²) < 4.78 is 5.10. The quantitative estimate of drug-likeness (QED) is 0.713. The largest absolute Gasteiger partial charge is 0.462 e. The summed E-state index contributed by atoms with van der Waals surface area (Å²) in [5, 5.41) is 3.49. The van der Waals surface area contributed by atoms with Gasteiger partial charge in [-0.25, -0.2) is 4.79 Å². The molecule has 0 radical (unpaired) electrons. The maximum absolute atomic E-state index is 11.7. The van der Waals surface area contributed by atoms with Gasteiger partial charge in [0, 0.05) is 11.7 Å². The van der Waals surface area contributed by atoms with Crippen molar-refractivity contribution in [3.05, 3.63) is 29.8 Å².